The minimum atomic E-state index is -4.80. The van der Waals surface area contributed by atoms with Crippen LogP contribution in [0.2, 0.25) is 10.0 Å². The highest BCUT2D eigenvalue weighted by atomic mass is 35.5. The molecule has 0 unspecified atom stereocenters. The summed E-state index contributed by atoms with van der Waals surface area (Å²) in [4.78, 5) is 11.5. The Hall–Kier alpha value is -1.81. The van der Waals surface area contributed by atoms with Gasteiger partial charge in [-0.15, -0.1) is 0 Å². The van der Waals surface area contributed by atoms with Gasteiger partial charge < -0.3 is 4.74 Å². The van der Waals surface area contributed by atoms with Crippen LogP contribution in [0.1, 0.15) is 24.0 Å². The first-order valence-corrected chi connectivity index (χ1v) is 11.5. The van der Waals surface area contributed by atoms with Crippen molar-refractivity contribution in [2.24, 2.45) is 5.92 Å². The van der Waals surface area contributed by atoms with Crippen LogP contribution in [-0.4, -0.2) is 31.8 Å². The molecule has 31 heavy (non-hydrogen) atoms. The van der Waals surface area contributed by atoms with E-state index in [2.05, 4.69) is 0 Å². The zero-order chi connectivity index (χ0) is 22.8. The average Bonchev–Trinajstić information content (AvgIpc) is 2.74. The van der Waals surface area contributed by atoms with Gasteiger partial charge in [0.1, 0.15) is 6.61 Å². The van der Waals surface area contributed by atoms with Crippen molar-refractivity contribution in [3.05, 3.63) is 63.6 Å². The number of hydrogen-bond acceptors (Lipinski definition) is 4. The van der Waals surface area contributed by atoms with E-state index in [1.807, 2.05) is 0 Å². The van der Waals surface area contributed by atoms with Crippen LogP contribution in [0.3, 0.4) is 0 Å². The molecule has 0 spiro atoms. The van der Waals surface area contributed by atoms with Crippen LogP contribution in [0.5, 0.6) is 0 Å². The van der Waals surface area contributed by atoms with Crippen LogP contribution in [0.25, 0.3) is 0 Å². The van der Waals surface area contributed by atoms with Crippen molar-refractivity contribution in [2.45, 2.75) is 30.5 Å². The number of hydrogen-bond donors (Lipinski definition) is 0. The molecule has 2 aromatic rings. The molecule has 1 saturated heterocycles. The molecule has 1 aliphatic heterocycles. The van der Waals surface area contributed by atoms with E-state index in [-0.39, 0.29) is 32.5 Å². The van der Waals surface area contributed by atoms with Gasteiger partial charge in [0, 0.05) is 13.1 Å². The van der Waals surface area contributed by atoms with Gasteiger partial charge in [0.15, 0.2) is 0 Å². The summed E-state index contributed by atoms with van der Waals surface area (Å²) < 4.78 is 71.5. The van der Waals surface area contributed by atoms with Crippen LogP contribution in [0.15, 0.2) is 47.4 Å². The number of benzene rings is 2. The highest BCUT2D eigenvalue weighted by molar-refractivity contribution is 7.89. The molecular weight excluding hydrogens is 478 g/mol. The van der Waals surface area contributed by atoms with Gasteiger partial charge in [0.2, 0.25) is 10.0 Å². The van der Waals surface area contributed by atoms with E-state index in [1.165, 1.54) is 6.07 Å². The third kappa shape index (κ3) is 5.52. The number of carbonyl (C=O) groups is 1. The predicted molar refractivity (Wildman–Crippen MR) is 109 cm³/mol. The first-order chi connectivity index (χ1) is 14.5. The number of rotatable bonds is 5. The molecule has 3 rings (SSSR count). The molecule has 1 heterocycles. The van der Waals surface area contributed by atoms with E-state index in [0.717, 1.165) is 22.5 Å². The summed E-state index contributed by atoms with van der Waals surface area (Å²) in [6.07, 6.45) is -4.50. The number of piperidine rings is 1. The molecule has 11 heteroatoms. The van der Waals surface area contributed by atoms with Crippen molar-refractivity contribution in [3.8, 4) is 0 Å². The van der Waals surface area contributed by atoms with E-state index in [4.69, 9.17) is 27.9 Å². The molecule has 0 radical (unpaired) electrons. The Bertz CT molecular complexity index is 1070. The van der Waals surface area contributed by atoms with Gasteiger partial charge in [-0.2, -0.15) is 17.5 Å². The Morgan fingerprint density at radius 2 is 1.71 bits per heavy atom. The lowest BCUT2D eigenvalue weighted by Gasteiger charge is -2.30. The molecule has 0 bridgehead atoms. The van der Waals surface area contributed by atoms with Crippen LogP contribution in [0.4, 0.5) is 13.2 Å². The maximum absolute atomic E-state index is 13.2. The third-order valence-electron chi connectivity index (χ3n) is 4.96. The van der Waals surface area contributed by atoms with E-state index >= 15 is 0 Å². The standard InChI is InChI=1S/C20H18Cl2F3NO4S/c21-16-6-5-13(11-17(16)22)12-30-19(27)14-7-9-26(10-8-14)31(28,29)18-4-2-1-3-15(18)20(23,24)25/h1-6,11,14H,7-10,12H2. The highest BCUT2D eigenvalue weighted by Crippen LogP contribution is 2.36. The quantitative estimate of drug-likeness (QED) is 0.537. The lowest BCUT2D eigenvalue weighted by Crippen LogP contribution is -2.41. The van der Waals surface area contributed by atoms with Gasteiger partial charge in [-0.25, -0.2) is 8.42 Å². The smallest absolute Gasteiger partial charge is 0.417 e. The first kappa shape index (κ1) is 23.8. The van der Waals surface area contributed by atoms with E-state index in [9.17, 15) is 26.4 Å². The molecule has 0 atom stereocenters. The average molecular weight is 496 g/mol. The van der Waals surface area contributed by atoms with Crippen molar-refractivity contribution >= 4 is 39.2 Å². The third-order valence-corrected chi connectivity index (χ3v) is 7.66. The molecular formula is C20H18Cl2F3NO4S. The van der Waals surface area contributed by atoms with Gasteiger partial charge in [0.25, 0.3) is 0 Å². The minimum Gasteiger partial charge on any atom is -0.461 e. The number of ether oxygens (including phenoxy) is 1. The van der Waals surface area contributed by atoms with Gasteiger partial charge in [-0.1, -0.05) is 41.4 Å². The summed E-state index contributed by atoms with van der Waals surface area (Å²) in [5.41, 5.74) is -0.565. The van der Waals surface area contributed by atoms with E-state index in [1.54, 1.807) is 18.2 Å². The predicted octanol–water partition coefficient (Wildman–Crippen LogP) is 5.16. The zero-order valence-electron chi connectivity index (χ0n) is 16.0. The maximum atomic E-state index is 13.2. The monoisotopic (exact) mass is 495 g/mol. The Labute approximate surface area is 187 Å². The van der Waals surface area contributed by atoms with Gasteiger partial charge in [-0.05, 0) is 42.7 Å². The van der Waals surface area contributed by atoms with E-state index < -0.39 is 38.5 Å². The molecule has 0 amide bonds. The van der Waals surface area contributed by atoms with Crippen molar-refractivity contribution < 1.29 is 31.1 Å². The number of carbonyl (C=O) groups excluding carboxylic acids is 1. The molecule has 1 fully saturated rings. The topological polar surface area (TPSA) is 63.7 Å². The Balaban J connectivity index is 1.62. The summed E-state index contributed by atoms with van der Waals surface area (Å²) in [5, 5.41) is 0.699. The van der Waals surface area contributed by atoms with Gasteiger partial charge in [0.05, 0.1) is 26.4 Å². The summed E-state index contributed by atoms with van der Waals surface area (Å²) in [6.45, 7) is -0.185. The SMILES string of the molecule is O=C(OCc1ccc(Cl)c(Cl)c1)C1CCN(S(=O)(=O)c2ccccc2C(F)(F)F)CC1. The second-order valence-electron chi connectivity index (χ2n) is 7.03. The maximum Gasteiger partial charge on any atom is 0.417 e. The van der Waals surface area contributed by atoms with Crippen LogP contribution in [0, 0.1) is 5.92 Å². The summed E-state index contributed by atoms with van der Waals surface area (Å²) >= 11 is 11.8. The molecule has 1 aliphatic rings. The van der Waals surface area contributed by atoms with E-state index in [0.29, 0.717) is 15.6 Å². The molecule has 0 aliphatic carbocycles. The summed E-state index contributed by atoms with van der Waals surface area (Å²) in [5.74, 6) is -1.05. The lowest BCUT2D eigenvalue weighted by molar-refractivity contribution is -0.151. The highest BCUT2D eigenvalue weighted by Gasteiger charge is 2.40. The molecule has 0 saturated carbocycles. The van der Waals surface area contributed by atoms with Crippen LogP contribution in [-0.2, 0) is 32.3 Å². The number of sulfonamides is 1. The van der Waals surface area contributed by atoms with Gasteiger partial charge in [-0.3, -0.25) is 4.79 Å². The number of nitrogens with zero attached hydrogens (tertiary/aromatic N) is 1. The normalized spacial score (nSPS) is 16.3. The van der Waals surface area contributed by atoms with Crippen LogP contribution < -0.4 is 0 Å². The van der Waals surface area contributed by atoms with Crippen molar-refractivity contribution in [3.63, 3.8) is 0 Å². The Morgan fingerprint density at radius 1 is 1.06 bits per heavy atom. The Morgan fingerprint density at radius 3 is 2.32 bits per heavy atom. The van der Waals surface area contributed by atoms with Crippen molar-refractivity contribution in [1.29, 1.82) is 0 Å². The zero-order valence-corrected chi connectivity index (χ0v) is 18.4. The van der Waals surface area contributed by atoms with Gasteiger partial charge >= 0.3 is 12.1 Å². The van der Waals surface area contributed by atoms with Crippen LogP contribution >= 0.6 is 23.2 Å². The molecule has 0 N–H and O–H groups in total. The summed E-state index contributed by atoms with van der Waals surface area (Å²) in [7, 11) is -4.36. The Kier molecular flexibility index (Phi) is 7.20. The molecule has 5 nitrogen and oxygen atoms in total. The fourth-order valence-corrected chi connectivity index (χ4v) is 5.30. The first-order valence-electron chi connectivity index (χ1n) is 9.27. The molecule has 2 aromatic carbocycles. The minimum absolute atomic E-state index is 0.0206. The largest absolute Gasteiger partial charge is 0.461 e. The fourth-order valence-electron chi connectivity index (χ4n) is 3.30. The second kappa shape index (κ2) is 9.36. The fraction of sp³-hybridized carbons (Fsp3) is 0.350. The lowest BCUT2D eigenvalue weighted by atomic mass is 9.98. The second-order valence-corrected chi connectivity index (χ2v) is 9.75. The van der Waals surface area contributed by atoms with Crippen molar-refractivity contribution in [2.75, 3.05) is 13.1 Å². The summed E-state index contributed by atoms with van der Waals surface area (Å²) in [6, 6.07) is 8.87. The number of alkyl halides is 3. The molecule has 168 valence electrons. The number of esters is 1. The van der Waals surface area contributed by atoms with Crippen molar-refractivity contribution in [1.82, 2.24) is 4.31 Å². The molecule has 0 aromatic heterocycles. The number of halogens is 5.